The molecule has 6 heteroatoms. The summed E-state index contributed by atoms with van der Waals surface area (Å²) in [6.45, 7) is 5.84. The third-order valence-corrected chi connectivity index (χ3v) is 4.36. The van der Waals surface area contributed by atoms with Gasteiger partial charge in [0.05, 0.1) is 0 Å². The number of Topliss-reactive ketones (excluding diaryl/α,β-unsaturated/α-hetero) is 1. The highest BCUT2D eigenvalue weighted by Crippen LogP contribution is 2.40. The van der Waals surface area contributed by atoms with Gasteiger partial charge in [-0.2, -0.15) is 0 Å². The summed E-state index contributed by atoms with van der Waals surface area (Å²) in [5, 5.41) is 0.346. The summed E-state index contributed by atoms with van der Waals surface area (Å²) in [6, 6.07) is -0.276. The first-order valence-corrected chi connectivity index (χ1v) is 8.01. The van der Waals surface area contributed by atoms with Crippen molar-refractivity contribution < 1.29 is 14.3 Å². The SMILES string of the molecule is C=C(/C(Cl)=C\C=C/C)[C@]1(N(C)C(=O)OCCl)CCCCC1=O. The van der Waals surface area contributed by atoms with Crippen LogP contribution in [0.15, 0.2) is 35.4 Å². The predicted molar refractivity (Wildman–Crippen MR) is 89.1 cm³/mol. The molecule has 1 rings (SSSR count). The van der Waals surface area contributed by atoms with Gasteiger partial charge in [-0.1, -0.05) is 41.9 Å². The molecule has 0 bridgehead atoms. The number of carbonyl (C=O) groups excluding carboxylic acids is 2. The lowest BCUT2D eigenvalue weighted by Crippen LogP contribution is -2.57. The number of alkyl halides is 1. The molecule has 0 unspecified atom stereocenters. The van der Waals surface area contributed by atoms with Gasteiger partial charge in [0.15, 0.2) is 11.8 Å². The maximum atomic E-state index is 12.6. The highest BCUT2D eigenvalue weighted by Gasteiger charge is 2.48. The number of carbonyl (C=O) groups is 2. The van der Waals surface area contributed by atoms with Crippen molar-refractivity contribution >= 4 is 35.1 Å². The standard InChI is InChI=1S/C16H21Cl2NO3/c1-4-5-8-13(18)12(2)16(10-7-6-9-14(16)20)19(3)15(21)22-11-17/h4-5,8H,2,6-7,9-11H2,1,3H3/b5-4-,13-8+/t16-/m1/s1. The highest BCUT2D eigenvalue weighted by molar-refractivity contribution is 6.32. The number of hydrogen-bond donors (Lipinski definition) is 0. The monoisotopic (exact) mass is 345 g/mol. The first-order chi connectivity index (χ1) is 10.4. The Hall–Kier alpha value is -1.26. The minimum atomic E-state index is -1.17. The van der Waals surface area contributed by atoms with Crippen molar-refractivity contribution in [1.29, 1.82) is 0 Å². The minimum Gasteiger partial charge on any atom is -0.433 e. The average molecular weight is 346 g/mol. The molecule has 0 saturated heterocycles. The number of likely N-dealkylation sites (N-methyl/N-ethyl adjacent to an activating group) is 1. The van der Waals surface area contributed by atoms with Crippen LogP contribution < -0.4 is 0 Å². The van der Waals surface area contributed by atoms with Crippen molar-refractivity contribution in [1.82, 2.24) is 4.90 Å². The Morgan fingerprint density at radius 2 is 2.18 bits per heavy atom. The third-order valence-electron chi connectivity index (χ3n) is 3.90. The Balaban J connectivity index is 3.25. The van der Waals surface area contributed by atoms with Crippen LogP contribution in [0.25, 0.3) is 0 Å². The largest absolute Gasteiger partial charge is 0.433 e. The summed E-state index contributed by atoms with van der Waals surface area (Å²) in [5.74, 6) is -0.0789. The van der Waals surface area contributed by atoms with Crippen molar-refractivity contribution in [3.05, 3.63) is 35.4 Å². The number of ketones is 1. The highest BCUT2D eigenvalue weighted by atomic mass is 35.5. The Morgan fingerprint density at radius 1 is 1.50 bits per heavy atom. The number of halogens is 2. The smallest absolute Gasteiger partial charge is 0.411 e. The molecule has 1 amide bonds. The Bertz CT molecular complexity index is 514. The fourth-order valence-corrected chi connectivity index (χ4v) is 2.99. The second-order valence-corrected chi connectivity index (χ2v) is 5.71. The van der Waals surface area contributed by atoms with Gasteiger partial charge < -0.3 is 4.74 Å². The molecule has 0 N–H and O–H groups in total. The summed E-state index contributed by atoms with van der Waals surface area (Å²) in [6.07, 6.45) is 7.02. The summed E-state index contributed by atoms with van der Waals surface area (Å²) < 4.78 is 4.82. The van der Waals surface area contributed by atoms with E-state index in [1.807, 2.05) is 13.0 Å². The van der Waals surface area contributed by atoms with Gasteiger partial charge in [0.25, 0.3) is 0 Å². The van der Waals surface area contributed by atoms with E-state index in [-0.39, 0.29) is 11.8 Å². The van der Waals surface area contributed by atoms with Crippen LogP contribution in [-0.4, -0.2) is 35.4 Å². The van der Waals surface area contributed by atoms with Gasteiger partial charge in [-0.3, -0.25) is 9.69 Å². The molecule has 0 heterocycles. The van der Waals surface area contributed by atoms with Gasteiger partial charge >= 0.3 is 6.09 Å². The number of ether oxygens (including phenoxy) is 1. The van der Waals surface area contributed by atoms with Crippen LogP contribution in [0.1, 0.15) is 32.6 Å². The average Bonchev–Trinajstić information content (AvgIpc) is 2.52. The molecule has 1 atom stereocenters. The summed E-state index contributed by atoms with van der Waals surface area (Å²) in [4.78, 5) is 26.0. The Morgan fingerprint density at radius 3 is 2.73 bits per heavy atom. The zero-order valence-electron chi connectivity index (χ0n) is 12.9. The summed E-state index contributed by atoms with van der Waals surface area (Å²) >= 11 is 11.7. The normalized spacial score (nSPS) is 22.7. The number of hydrogen-bond acceptors (Lipinski definition) is 3. The van der Waals surface area contributed by atoms with E-state index in [9.17, 15) is 9.59 Å². The third kappa shape index (κ3) is 3.73. The van der Waals surface area contributed by atoms with Crippen molar-refractivity contribution in [3.63, 3.8) is 0 Å². The number of allylic oxidation sites excluding steroid dienone is 3. The molecule has 1 saturated carbocycles. The molecule has 0 spiro atoms. The van der Waals surface area contributed by atoms with E-state index < -0.39 is 11.6 Å². The van der Waals surface area contributed by atoms with Gasteiger partial charge in [0, 0.05) is 18.5 Å². The van der Waals surface area contributed by atoms with E-state index in [4.69, 9.17) is 27.9 Å². The fourth-order valence-electron chi connectivity index (χ4n) is 2.67. The molecular formula is C16H21Cl2NO3. The molecule has 0 aromatic heterocycles. The van der Waals surface area contributed by atoms with Crippen LogP contribution in [0.3, 0.4) is 0 Å². The van der Waals surface area contributed by atoms with Crippen LogP contribution in [0.5, 0.6) is 0 Å². The van der Waals surface area contributed by atoms with E-state index in [1.54, 1.807) is 12.2 Å². The molecule has 1 aliphatic rings. The molecule has 0 aliphatic heterocycles. The van der Waals surface area contributed by atoms with E-state index in [0.717, 1.165) is 12.8 Å². The molecule has 22 heavy (non-hydrogen) atoms. The molecular weight excluding hydrogens is 325 g/mol. The van der Waals surface area contributed by atoms with Gasteiger partial charge in [-0.25, -0.2) is 4.79 Å². The van der Waals surface area contributed by atoms with Crippen LogP contribution in [0, 0.1) is 0 Å². The number of nitrogens with zero attached hydrogens (tertiary/aromatic N) is 1. The topological polar surface area (TPSA) is 46.6 Å². The van der Waals surface area contributed by atoms with Crippen LogP contribution >= 0.6 is 23.2 Å². The van der Waals surface area contributed by atoms with Crippen LogP contribution in [0.4, 0.5) is 4.79 Å². The molecule has 0 aromatic carbocycles. The molecule has 0 radical (unpaired) electrons. The Labute approximate surface area is 141 Å². The molecule has 4 nitrogen and oxygen atoms in total. The van der Waals surface area contributed by atoms with E-state index in [2.05, 4.69) is 6.58 Å². The molecule has 122 valence electrons. The van der Waals surface area contributed by atoms with E-state index >= 15 is 0 Å². The second-order valence-electron chi connectivity index (χ2n) is 5.09. The maximum absolute atomic E-state index is 12.6. The minimum absolute atomic E-state index is 0.0789. The van der Waals surface area contributed by atoms with Crippen LogP contribution in [0.2, 0.25) is 0 Å². The van der Waals surface area contributed by atoms with Crippen molar-refractivity contribution in [3.8, 4) is 0 Å². The number of rotatable bonds is 5. The first-order valence-electron chi connectivity index (χ1n) is 7.10. The lowest BCUT2D eigenvalue weighted by molar-refractivity contribution is -0.129. The number of amides is 1. The van der Waals surface area contributed by atoms with Crippen molar-refractivity contribution in [2.45, 2.75) is 38.1 Å². The maximum Gasteiger partial charge on any atom is 0.411 e. The van der Waals surface area contributed by atoms with Gasteiger partial charge in [-0.15, -0.1) is 0 Å². The Kier molecular flexibility index (Phi) is 7.17. The van der Waals surface area contributed by atoms with Gasteiger partial charge in [0.2, 0.25) is 0 Å². The molecule has 0 aromatic rings. The second kappa shape index (κ2) is 8.39. The molecule has 1 aliphatic carbocycles. The summed E-state index contributed by atoms with van der Waals surface area (Å²) in [7, 11) is 1.52. The van der Waals surface area contributed by atoms with E-state index in [1.165, 1.54) is 11.9 Å². The first kappa shape index (κ1) is 18.8. The zero-order chi connectivity index (χ0) is 16.8. The fraction of sp³-hybridized carbons (Fsp3) is 0.500. The van der Waals surface area contributed by atoms with E-state index in [0.29, 0.717) is 23.4 Å². The van der Waals surface area contributed by atoms with Crippen molar-refractivity contribution in [2.75, 3.05) is 13.1 Å². The van der Waals surface area contributed by atoms with Gasteiger partial charge in [-0.05, 0) is 37.8 Å². The lowest BCUT2D eigenvalue weighted by Gasteiger charge is -2.43. The van der Waals surface area contributed by atoms with Gasteiger partial charge in [0.1, 0.15) is 5.54 Å². The zero-order valence-corrected chi connectivity index (χ0v) is 14.4. The molecule has 1 fully saturated rings. The quantitative estimate of drug-likeness (QED) is 0.548. The summed E-state index contributed by atoms with van der Waals surface area (Å²) in [5.41, 5.74) is -0.762. The van der Waals surface area contributed by atoms with Crippen molar-refractivity contribution in [2.24, 2.45) is 0 Å². The predicted octanol–water partition coefficient (Wildman–Crippen LogP) is 4.39. The lowest BCUT2D eigenvalue weighted by atomic mass is 9.74. The van der Waals surface area contributed by atoms with Crippen LogP contribution in [-0.2, 0) is 9.53 Å².